The molecule has 2 N–H and O–H groups in total. The lowest BCUT2D eigenvalue weighted by molar-refractivity contribution is -0.123. The molecule has 92 valence electrons. The molecule has 2 rings (SSSR count). The van der Waals surface area contributed by atoms with E-state index in [-0.39, 0.29) is 11.3 Å². The molecule has 0 aliphatic carbocycles. The van der Waals surface area contributed by atoms with Gasteiger partial charge >= 0.3 is 0 Å². The summed E-state index contributed by atoms with van der Waals surface area (Å²) in [6.45, 7) is 2.96. The first-order valence-electron chi connectivity index (χ1n) is 6.25. The Hall–Kier alpha value is -1.51. The number of carbonyl (C=O) groups is 1. The van der Waals surface area contributed by atoms with Gasteiger partial charge < -0.3 is 10.6 Å². The van der Waals surface area contributed by atoms with Gasteiger partial charge in [-0.3, -0.25) is 4.79 Å². The molecule has 1 atom stereocenters. The van der Waals surface area contributed by atoms with E-state index in [4.69, 9.17) is 0 Å². The predicted octanol–water partition coefficient (Wildman–Crippen LogP) is 2.29. The van der Waals surface area contributed by atoms with Crippen molar-refractivity contribution in [3.63, 3.8) is 0 Å². The third-order valence-corrected chi connectivity index (χ3v) is 3.92. The molecule has 0 aromatic heterocycles. The molecular formula is C14H20N2O. The SMILES string of the molecule is CCC1(c2ccc(NC)cc2)CCC(=O)NC1. The van der Waals surface area contributed by atoms with E-state index >= 15 is 0 Å². The van der Waals surface area contributed by atoms with Crippen molar-refractivity contribution in [3.05, 3.63) is 29.8 Å². The first-order chi connectivity index (χ1) is 8.20. The molecule has 1 aromatic rings. The van der Waals surface area contributed by atoms with Gasteiger partial charge in [0.2, 0.25) is 5.91 Å². The molecule has 3 heteroatoms. The van der Waals surface area contributed by atoms with Crippen molar-refractivity contribution in [2.24, 2.45) is 0 Å². The van der Waals surface area contributed by atoms with Crippen LogP contribution < -0.4 is 10.6 Å². The summed E-state index contributed by atoms with van der Waals surface area (Å²) in [5.74, 6) is 0.181. The standard InChI is InChI=1S/C14H20N2O/c1-3-14(9-8-13(17)16-10-14)11-4-6-12(15-2)7-5-11/h4-7,15H,3,8-10H2,1-2H3,(H,16,17). The fourth-order valence-corrected chi connectivity index (χ4v) is 2.54. The lowest BCUT2D eigenvalue weighted by Gasteiger charge is -2.37. The molecule has 1 saturated heterocycles. The molecule has 17 heavy (non-hydrogen) atoms. The van der Waals surface area contributed by atoms with Crippen LogP contribution in [0, 0.1) is 0 Å². The number of carbonyl (C=O) groups excluding carboxylic acids is 1. The summed E-state index contributed by atoms with van der Waals surface area (Å²) in [5, 5.41) is 6.12. The van der Waals surface area contributed by atoms with Crippen molar-refractivity contribution in [2.45, 2.75) is 31.6 Å². The van der Waals surface area contributed by atoms with Crippen LogP contribution in [-0.2, 0) is 10.2 Å². The second kappa shape index (κ2) is 4.78. The number of hydrogen-bond donors (Lipinski definition) is 2. The van der Waals surface area contributed by atoms with Crippen LogP contribution in [0.2, 0.25) is 0 Å². The largest absolute Gasteiger partial charge is 0.388 e. The minimum atomic E-state index is 0.125. The molecular weight excluding hydrogens is 212 g/mol. The van der Waals surface area contributed by atoms with Gasteiger partial charge in [-0.25, -0.2) is 0 Å². The number of amides is 1. The summed E-state index contributed by atoms with van der Waals surface area (Å²) in [7, 11) is 1.92. The van der Waals surface area contributed by atoms with E-state index in [1.807, 2.05) is 7.05 Å². The van der Waals surface area contributed by atoms with E-state index in [0.717, 1.165) is 25.1 Å². The Morgan fingerprint density at radius 2 is 2.06 bits per heavy atom. The van der Waals surface area contributed by atoms with Crippen molar-refractivity contribution >= 4 is 11.6 Å². The molecule has 0 bridgehead atoms. The maximum Gasteiger partial charge on any atom is 0.220 e. The maximum atomic E-state index is 11.3. The summed E-state index contributed by atoms with van der Waals surface area (Å²) in [6, 6.07) is 8.55. The molecule has 0 radical (unpaired) electrons. The quantitative estimate of drug-likeness (QED) is 0.839. The van der Waals surface area contributed by atoms with Crippen LogP contribution >= 0.6 is 0 Å². The highest BCUT2D eigenvalue weighted by Crippen LogP contribution is 2.35. The fraction of sp³-hybridized carbons (Fsp3) is 0.500. The monoisotopic (exact) mass is 232 g/mol. The van der Waals surface area contributed by atoms with Crippen molar-refractivity contribution in [2.75, 3.05) is 18.9 Å². The normalized spacial score (nSPS) is 24.2. The van der Waals surface area contributed by atoms with Gasteiger partial charge in [-0.05, 0) is 30.5 Å². The summed E-state index contributed by atoms with van der Waals surface area (Å²) in [4.78, 5) is 11.3. The van der Waals surface area contributed by atoms with Gasteiger partial charge in [0.15, 0.2) is 0 Å². The lowest BCUT2D eigenvalue weighted by atomic mass is 9.72. The zero-order chi connectivity index (χ0) is 12.3. The summed E-state index contributed by atoms with van der Waals surface area (Å²) in [6.07, 6.45) is 2.65. The lowest BCUT2D eigenvalue weighted by Crippen LogP contribution is -2.45. The summed E-state index contributed by atoms with van der Waals surface area (Å²) >= 11 is 0. The second-order valence-electron chi connectivity index (χ2n) is 4.74. The van der Waals surface area contributed by atoms with Crippen LogP contribution in [0.1, 0.15) is 31.7 Å². The average molecular weight is 232 g/mol. The molecule has 3 nitrogen and oxygen atoms in total. The van der Waals surface area contributed by atoms with Gasteiger partial charge in [0.25, 0.3) is 0 Å². The minimum absolute atomic E-state index is 0.125. The second-order valence-corrected chi connectivity index (χ2v) is 4.74. The van der Waals surface area contributed by atoms with Crippen LogP contribution in [0.4, 0.5) is 5.69 Å². The predicted molar refractivity (Wildman–Crippen MR) is 70.2 cm³/mol. The highest BCUT2D eigenvalue weighted by Gasteiger charge is 2.34. The van der Waals surface area contributed by atoms with Gasteiger partial charge in [0.05, 0.1) is 0 Å². The smallest absolute Gasteiger partial charge is 0.220 e. The number of piperidine rings is 1. The molecule has 0 spiro atoms. The van der Waals surface area contributed by atoms with Crippen LogP contribution in [-0.4, -0.2) is 19.5 Å². The van der Waals surface area contributed by atoms with Crippen LogP contribution in [0.3, 0.4) is 0 Å². The van der Waals surface area contributed by atoms with E-state index in [1.165, 1.54) is 5.56 Å². The van der Waals surface area contributed by atoms with E-state index < -0.39 is 0 Å². The molecule has 1 heterocycles. The van der Waals surface area contributed by atoms with Gasteiger partial charge in [-0.1, -0.05) is 19.1 Å². The van der Waals surface area contributed by atoms with Gasteiger partial charge in [0, 0.05) is 31.1 Å². The summed E-state index contributed by atoms with van der Waals surface area (Å²) in [5.41, 5.74) is 2.58. The molecule has 1 aliphatic heterocycles. The van der Waals surface area contributed by atoms with E-state index in [0.29, 0.717) is 6.42 Å². The number of nitrogens with one attached hydrogen (secondary N) is 2. The van der Waals surface area contributed by atoms with Gasteiger partial charge in [-0.2, -0.15) is 0 Å². The van der Waals surface area contributed by atoms with E-state index in [1.54, 1.807) is 0 Å². The molecule has 1 aliphatic rings. The zero-order valence-corrected chi connectivity index (χ0v) is 10.5. The average Bonchev–Trinajstić information content (AvgIpc) is 2.40. The molecule has 1 amide bonds. The van der Waals surface area contributed by atoms with Crippen molar-refractivity contribution < 1.29 is 4.79 Å². The van der Waals surface area contributed by atoms with Gasteiger partial charge in [-0.15, -0.1) is 0 Å². The molecule has 1 aromatic carbocycles. The number of anilines is 1. The van der Waals surface area contributed by atoms with Crippen LogP contribution in [0.5, 0.6) is 0 Å². The molecule has 0 saturated carbocycles. The third-order valence-electron chi connectivity index (χ3n) is 3.92. The Balaban J connectivity index is 2.24. The zero-order valence-electron chi connectivity index (χ0n) is 10.5. The Bertz CT molecular complexity index is 387. The van der Waals surface area contributed by atoms with Crippen molar-refractivity contribution in [1.82, 2.24) is 5.32 Å². The highest BCUT2D eigenvalue weighted by molar-refractivity contribution is 5.77. The summed E-state index contributed by atoms with van der Waals surface area (Å²) < 4.78 is 0. The van der Waals surface area contributed by atoms with E-state index in [9.17, 15) is 4.79 Å². The molecule has 1 unspecified atom stereocenters. The number of benzene rings is 1. The first kappa shape index (κ1) is 12.0. The maximum absolute atomic E-state index is 11.3. The topological polar surface area (TPSA) is 41.1 Å². The first-order valence-corrected chi connectivity index (χ1v) is 6.25. The highest BCUT2D eigenvalue weighted by atomic mass is 16.1. The number of rotatable bonds is 3. The Morgan fingerprint density at radius 3 is 2.53 bits per heavy atom. The van der Waals surface area contributed by atoms with Crippen LogP contribution in [0.25, 0.3) is 0 Å². The number of hydrogen-bond acceptors (Lipinski definition) is 2. The molecule has 1 fully saturated rings. The fourth-order valence-electron chi connectivity index (χ4n) is 2.54. The van der Waals surface area contributed by atoms with Crippen molar-refractivity contribution in [1.29, 1.82) is 0 Å². The van der Waals surface area contributed by atoms with Crippen molar-refractivity contribution in [3.8, 4) is 0 Å². The third kappa shape index (κ3) is 2.28. The Kier molecular flexibility index (Phi) is 3.36. The Labute approximate surface area is 103 Å². The van der Waals surface area contributed by atoms with E-state index in [2.05, 4.69) is 41.8 Å². The van der Waals surface area contributed by atoms with Gasteiger partial charge in [0.1, 0.15) is 0 Å². The van der Waals surface area contributed by atoms with Crippen LogP contribution in [0.15, 0.2) is 24.3 Å². The minimum Gasteiger partial charge on any atom is -0.388 e. The Morgan fingerprint density at radius 1 is 1.35 bits per heavy atom.